The lowest BCUT2D eigenvalue weighted by Gasteiger charge is -2.07. The van der Waals surface area contributed by atoms with Crippen LogP contribution in [-0.4, -0.2) is 0 Å². The summed E-state index contributed by atoms with van der Waals surface area (Å²) in [7, 11) is 0. The van der Waals surface area contributed by atoms with Gasteiger partial charge in [-0.15, -0.1) is 19.7 Å². The molecule has 0 aliphatic carbocycles. The van der Waals surface area contributed by atoms with Gasteiger partial charge in [-0.1, -0.05) is 122 Å². The Kier molecular flexibility index (Phi) is 32.4. The van der Waals surface area contributed by atoms with Gasteiger partial charge >= 0.3 is 0 Å². The van der Waals surface area contributed by atoms with Crippen LogP contribution < -0.4 is 0 Å². The van der Waals surface area contributed by atoms with E-state index in [2.05, 4.69) is 143 Å². The Balaban J connectivity index is 3.73. The van der Waals surface area contributed by atoms with E-state index in [0.29, 0.717) is 17.8 Å². The first-order chi connectivity index (χ1) is 21.7. The predicted octanol–water partition coefficient (Wildman–Crippen LogP) is 14.5. The Labute approximate surface area is 275 Å². The lowest BCUT2D eigenvalue weighted by molar-refractivity contribution is 0.606. The van der Waals surface area contributed by atoms with Crippen LogP contribution in [0.5, 0.6) is 0 Å². The first kappa shape index (κ1) is 41.1. The minimum atomic E-state index is 0.578. The summed E-state index contributed by atoms with van der Waals surface area (Å²) in [5.74, 6) is 1.77. The zero-order valence-corrected chi connectivity index (χ0v) is 28.8. The molecule has 0 aromatic carbocycles. The highest BCUT2D eigenvalue weighted by atomic mass is 14.1. The average Bonchev–Trinajstić information content (AvgIpc) is 3.04. The van der Waals surface area contributed by atoms with Crippen LogP contribution in [-0.2, 0) is 0 Å². The molecule has 3 unspecified atom stereocenters. The van der Waals surface area contributed by atoms with Crippen molar-refractivity contribution in [3.63, 3.8) is 0 Å². The van der Waals surface area contributed by atoms with Crippen molar-refractivity contribution in [3.8, 4) is 0 Å². The van der Waals surface area contributed by atoms with Gasteiger partial charge in [0.15, 0.2) is 0 Å². The largest absolute Gasteiger partial charge is 0.103 e. The van der Waals surface area contributed by atoms with Crippen LogP contribution in [0.15, 0.2) is 135 Å². The SMILES string of the molecule is C=CC(C)C/C=C\CC/C=C/CC/C=C\CCC(C=C)C/C=C/CC/C=C\CC/C=C\CC/C=C\CCC(C=C)C/C=C\C. The van der Waals surface area contributed by atoms with Crippen molar-refractivity contribution in [2.24, 2.45) is 17.8 Å². The molecule has 0 radical (unpaired) electrons. The Morgan fingerprint density at radius 3 is 0.977 bits per heavy atom. The molecule has 0 amide bonds. The van der Waals surface area contributed by atoms with E-state index in [9.17, 15) is 0 Å². The van der Waals surface area contributed by atoms with Crippen molar-refractivity contribution in [2.75, 3.05) is 0 Å². The van der Waals surface area contributed by atoms with Gasteiger partial charge in [0.2, 0.25) is 0 Å². The van der Waals surface area contributed by atoms with Gasteiger partial charge in [0.05, 0.1) is 0 Å². The van der Waals surface area contributed by atoms with E-state index in [1.165, 1.54) is 12.8 Å². The summed E-state index contributed by atoms with van der Waals surface area (Å²) < 4.78 is 0. The monoisotopic (exact) mass is 597 g/mol. The summed E-state index contributed by atoms with van der Waals surface area (Å²) >= 11 is 0. The number of unbranched alkanes of at least 4 members (excludes halogenated alkanes) is 5. The van der Waals surface area contributed by atoms with Crippen LogP contribution >= 0.6 is 0 Å². The topological polar surface area (TPSA) is 0 Å². The molecule has 0 N–H and O–H groups in total. The summed E-state index contributed by atoms with van der Waals surface area (Å²) in [5, 5.41) is 0. The van der Waals surface area contributed by atoms with Gasteiger partial charge in [-0.05, 0) is 134 Å². The summed E-state index contributed by atoms with van der Waals surface area (Å²) in [5.41, 5.74) is 0. The fourth-order valence-electron chi connectivity index (χ4n) is 4.65. The lowest BCUT2D eigenvalue weighted by atomic mass is 9.99. The molecule has 0 aliphatic heterocycles. The first-order valence-corrected chi connectivity index (χ1v) is 17.7. The van der Waals surface area contributed by atoms with Crippen LogP contribution in [0.2, 0.25) is 0 Å². The molecule has 0 saturated heterocycles. The van der Waals surface area contributed by atoms with Crippen molar-refractivity contribution in [3.05, 3.63) is 135 Å². The normalized spacial score (nSPS) is 15.0. The molecule has 0 fully saturated rings. The van der Waals surface area contributed by atoms with Crippen LogP contribution in [0.4, 0.5) is 0 Å². The molecule has 0 rings (SSSR count). The molecule has 0 saturated carbocycles. The first-order valence-electron chi connectivity index (χ1n) is 17.7. The number of allylic oxidation sites excluding steroid dienone is 19. The van der Waals surface area contributed by atoms with Gasteiger partial charge < -0.3 is 0 Å². The molecule has 0 bridgehead atoms. The van der Waals surface area contributed by atoms with E-state index in [1.807, 2.05) is 6.08 Å². The maximum atomic E-state index is 4.06. The van der Waals surface area contributed by atoms with E-state index >= 15 is 0 Å². The van der Waals surface area contributed by atoms with Crippen molar-refractivity contribution >= 4 is 0 Å². The van der Waals surface area contributed by atoms with Crippen molar-refractivity contribution < 1.29 is 0 Å². The van der Waals surface area contributed by atoms with Crippen molar-refractivity contribution in [1.29, 1.82) is 0 Å². The maximum absolute atomic E-state index is 4.06. The Morgan fingerprint density at radius 2 is 0.659 bits per heavy atom. The molecule has 0 aliphatic rings. The molecular weight excluding hydrogens is 528 g/mol. The fourth-order valence-corrected chi connectivity index (χ4v) is 4.65. The van der Waals surface area contributed by atoms with Crippen LogP contribution in [0.25, 0.3) is 0 Å². The number of rotatable bonds is 30. The summed E-state index contributed by atoms with van der Waals surface area (Å²) in [6, 6.07) is 0. The number of hydrogen-bond donors (Lipinski definition) is 0. The molecule has 0 heteroatoms. The van der Waals surface area contributed by atoms with E-state index in [-0.39, 0.29) is 0 Å². The van der Waals surface area contributed by atoms with Crippen LogP contribution in [0.1, 0.15) is 123 Å². The Bertz CT molecular complexity index is 896. The molecule has 0 spiro atoms. The second-order valence-electron chi connectivity index (χ2n) is 11.8. The standard InChI is InChI=1S/C44H68/c1-6-10-38-43(8-3)39-34-30-26-22-18-14-12-11-13-15-19-23-27-31-35-40-44(9-4)41-36-32-28-24-20-16-17-21-25-29-33-37-42(5)7-2/h6-10,12,14-17,19,26,28-33,35,42-44H,2-4,11,13,18,20-25,27,34,36-41H2,1,5H3/b10-6-,14-12-,17-16+,19-15-,30-26-,32-28-,33-29-,35-31+. The number of hydrogen-bond acceptors (Lipinski definition) is 0. The lowest BCUT2D eigenvalue weighted by Crippen LogP contribution is -1.93. The second-order valence-corrected chi connectivity index (χ2v) is 11.8. The van der Waals surface area contributed by atoms with E-state index in [4.69, 9.17) is 0 Å². The van der Waals surface area contributed by atoms with Crippen molar-refractivity contribution in [2.45, 2.75) is 123 Å². The molecule has 244 valence electrons. The molecular formula is C44H68. The van der Waals surface area contributed by atoms with Gasteiger partial charge in [-0.3, -0.25) is 0 Å². The van der Waals surface area contributed by atoms with Crippen LogP contribution in [0.3, 0.4) is 0 Å². The van der Waals surface area contributed by atoms with Crippen LogP contribution in [0, 0.1) is 17.8 Å². The third-order valence-corrected chi connectivity index (χ3v) is 7.77. The fraction of sp³-hybridized carbons (Fsp3) is 0.500. The quantitative estimate of drug-likeness (QED) is 0.0571. The van der Waals surface area contributed by atoms with E-state index < -0.39 is 0 Å². The smallest absolute Gasteiger partial charge is 0.0199 e. The molecule has 0 heterocycles. The third kappa shape index (κ3) is 30.6. The zero-order chi connectivity index (χ0) is 32.2. The van der Waals surface area contributed by atoms with Gasteiger partial charge in [0.25, 0.3) is 0 Å². The summed E-state index contributed by atoms with van der Waals surface area (Å²) in [4.78, 5) is 0. The minimum Gasteiger partial charge on any atom is -0.103 e. The van der Waals surface area contributed by atoms with E-state index in [0.717, 1.165) is 96.3 Å². The maximum Gasteiger partial charge on any atom is -0.0199 e. The van der Waals surface area contributed by atoms with Gasteiger partial charge in [0, 0.05) is 0 Å². The van der Waals surface area contributed by atoms with E-state index in [1.54, 1.807) is 0 Å². The zero-order valence-electron chi connectivity index (χ0n) is 28.8. The summed E-state index contributed by atoms with van der Waals surface area (Å²) in [6.07, 6.45) is 62.6. The average molecular weight is 597 g/mol. The third-order valence-electron chi connectivity index (χ3n) is 7.77. The Hall–Kier alpha value is -2.86. The minimum absolute atomic E-state index is 0.578. The predicted molar refractivity (Wildman–Crippen MR) is 204 cm³/mol. The van der Waals surface area contributed by atoms with Gasteiger partial charge in [0.1, 0.15) is 0 Å². The Morgan fingerprint density at radius 1 is 0.364 bits per heavy atom. The molecule has 0 aromatic rings. The highest BCUT2D eigenvalue weighted by Crippen LogP contribution is 2.15. The molecule has 0 aromatic heterocycles. The highest BCUT2D eigenvalue weighted by Gasteiger charge is 2.00. The van der Waals surface area contributed by atoms with Crippen molar-refractivity contribution in [1.82, 2.24) is 0 Å². The second kappa shape index (κ2) is 34.6. The van der Waals surface area contributed by atoms with Gasteiger partial charge in [-0.2, -0.15) is 0 Å². The summed E-state index contributed by atoms with van der Waals surface area (Å²) in [6.45, 7) is 16.1. The molecule has 3 atom stereocenters. The highest BCUT2D eigenvalue weighted by molar-refractivity contribution is 4.96. The molecule has 44 heavy (non-hydrogen) atoms. The van der Waals surface area contributed by atoms with Gasteiger partial charge in [-0.25, -0.2) is 0 Å². The molecule has 0 nitrogen and oxygen atoms in total.